The van der Waals surface area contributed by atoms with Gasteiger partial charge in [0.15, 0.2) is 0 Å². The van der Waals surface area contributed by atoms with Gasteiger partial charge in [0.25, 0.3) is 0 Å². The number of nitrogens with two attached hydrogens (primary N) is 1. The first-order valence-corrected chi connectivity index (χ1v) is 2.99. The van der Waals surface area contributed by atoms with Gasteiger partial charge in [0, 0.05) is 0 Å². The normalized spacial score (nSPS) is 6.70. The van der Waals surface area contributed by atoms with Gasteiger partial charge in [-0.15, -0.1) is 12.4 Å². The largest absolute Gasteiger partial charge is 0.333 e. The van der Waals surface area contributed by atoms with Gasteiger partial charge in [0.05, 0.1) is 0 Å². The van der Waals surface area contributed by atoms with Crippen LogP contribution in [0.5, 0.6) is 0 Å². The molecule has 1 aromatic rings. The van der Waals surface area contributed by atoms with Crippen LogP contribution in [0.1, 0.15) is 5.56 Å². The number of halogens is 1. The van der Waals surface area contributed by atoms with E-state index in [1.54, 1.807) is 0 Å². The van der Waals surface area contributed by atoms with Gasteiger partial charge in [0.1, 0.15) is 0 Å². The lowest BCUT2D eigenvalue weighted by atomic mass is 10.2. The van der Waals surface area contributed by atoms with Crippen molar-refractivity contribution in [3.05, 3.63) is 35.9 Å². The van der Waals surface area contributed by atoms with Crippen LogP contribution in [0.4, 0.5) is 0 Å². The Balaban J connectivity index is 0. The molecule has 0 fully saturated rings. The summed E-state index contributed by atoms with van der Waals surface area (Å²) in [6.07, 6.45) is 0. The molecule has 1 rings (SSSR count). The molecule has 1 nitrogen and oxygen atoms in total. The van der Waals surface area contributed by atoms with Crippen LogP contribution in [0.25, 0.3) is 0 Å². The van der Waals surface area contributed by atoms with Crippen molar-refractivity contribution in [1.29, 1.82) is 0 Å². The first-order chi connectivity index (χ1) is 4.39. The number of hydrogen-bond donors (Lipinski definition) is 1. The third-order valence-electron chi connectivity index (χ3n) is 0.940. The highest BCUT2D eigenvalue weighted by atomic mass is 35.5. The van der Waals surface area contributed by atoms with Gasteiger partial charge in [-0.1, -0.05) is 35.9 Å². The minimum Gasteiger partial charge on any atom is -0.333 e. The molecule has 58 valence electrons. The highest BCUT2D eigenvalue weighted by Crippen LogP contribution is 1.92. The maximum absolute atomic E-state index is 4.50. The highest BCUT2D eigenvalue weighted by molar-refractivity contribution is 5.85. The lowest BCUT2D eigenvalue weighted by Crippen LogP contribution is -1.69. The maximum atomic E-state index is 4.50. The van der Waals surface area contributed by atoms with Gasteiger partial charge in [-0.3, -0.25) is 0 Å². The summed E-state index contributed by atoms with van der Waals surface area (Å²) in [5.74, 6) is 0. The van der Waals surface area contributed by atoms with Crippen LogP contribution in [-0.4, -0.2) is 7.05 Å². The van der Waals surface area contributed by atoms with Gasteiger partial charge in [-0.25, -0.2) is 0 Å². The molecule has 0 aliphatic rings. The van der Waals surface area contributed by atoms with E-state index in [0.717, 1.165) is 0 Å². The predicted molar refractivity (Wildman–Crippen MR) is 48.5 cm³/mol. The molecule has 0 unspecified atom stereocenters. The first-order valence-electron chi connectivity index (χ1n) is 2.99. The van der Waals surface area contributed by atoms with Gasteiger partial charge in [-0.2, -0.15) is 0 Å². The van der Waals surface area contributed by atoms with Crippen LogP contribution >= 0.6 is 12.4 Å². The number of rotatable bonds is 0. The molecule has 0 heterocycles. The Morgan fingerprint density at radius 3 is 1.60 bits per heavy atom. The van der Waals surface area contributed by atoms with Gasteiger partial charge >= 0.3 is 0 Å². The molecule has 2 N–H and O–H groups in total. The third kappa shape index (κ3) is 5.60. The van der Waals surface area contributed by atoms with Crippen LogP contribution in [0.3, 0.4) is 0 Å². The van der Waals surface area contributed by atoms with Crippen LogP contribution in [0.2, 0.25) is 0 Å². The van der Waals surface area contributed by atoms with E-state index < -0.39 is 0 Å². The topological polar surface area (TPSA) is 26.0 Å². The summed E-state index contributed by atoms with van der Waals surface area (Å²) in [7, 11) is 1.50. The standard InChI is InChI=1S/C7H8.CH5N.ClH/c1-7-5-3-2-4-6-7;1-2;/h2-6H,1H3;2H2,1H3;1H. The monoisotopic (exact) mass is 159 g/mol. The van der Waals surface area contributed by atoms with Gasteiger partial charge in [0.2, 0.25) is 0 Å². The van der Waals surface area contributed by atoms with Crippen molar-refractivity contribution < 1.29 is 0 Å². The Morgan fingerprint density at radius 1 is 1.00 bits per heavy atom. The molecule has 10 heavy (non-hydrogen) atoms. The van der Waals surface area contributed by atoms with Crippen molar-refractivity contribution in [3.8, 4) is 0 Å². The van der Waals surface area contributed by atoms with E-state index in [2.05, 4.69) is 24.8 Å². The average molecular weight is 160 g/mol. The summed E-state index contributed by atoms with van der Waals surface area (Å²) in [4.78, 5) is 0. The second-order valence-corrected chi connectivity index (χ2v) is 1.65. The van der Waals surface area contributed by atoms with Crippen molar-refractivity contribution in [2.45, 2.75) is 6.92 Å². The summed E-state index contributed by atoms with van der Waals surface area (Å²) in [5.41, 5.74) is 5.82. The smallest absolute Gasteiger partial charge is 0.0195 e. The minimum absolute atomic E-state index is 0. The van der Waals surface area contributed by atoms with Crippen molar-refractivity contribution in [3.63, 3.8) is 0 Å². The zero-order valence-electron chi connectivity index (χ0n) is 6.37. The molecule has 1 aromatic carbocycles. The second-order valence-electron chi connectivity index (χ2n) is 1.65. The van der Waals surface area contributed by atoms with E-state index in [1.165, 1.54) is 12.6 Å². The average Bonchev–Trinajstić information content (AvgIpc) is 1.94. The number of hydrogen-bond acceptors (Lipinski definition) is 1. The first kappa shape index (κ1) is 12.2. The molecule has 0 aromatic heterocycles. The van der Waals surface area contributed by atoms with Gasteiger partial charge < -0.3 is 5.73 Å². The van der Waals surface area contributed by atoms with E-state index in [1.807, 2.05) is 18.2 Å². The number of aryl methyl sites for hydroxylation is 1. The Kier molecular flexibility index (Phi) is 10.3. The summed E-state index contributed by atoms with van der Waals surface area (Å²) in [5, 5.41) is 0. The molecule has 0 aliphatic heterocycles. The van der Waals surface area contributed by atoms with E-state index >= 15 is 0 Å². The zero-order valence-corrected chi connectivity index (χ0v) is 7.19. The molecule has 2 heteroatoms. The molecular formula is C8H14ClN. The van der Waals surface area contributed by atoms with Crippen LogP contribution in [0.15, 0.2) is 30.3 Å². The summed E-state index contributed by atoms with van der Waals surface area (Å²) >= 11 is 0. The third-order valence-corrected chi connectivity index (χ3v) is 0.940. The molecule has 0 atom stereocenters. The molecule has 0 saturated heterocycles. The van der Waals surface area contributed by atoms with E-state index in [9.17, 15) is 0 Å². The Morgan fingerprint density at radius 2 is 1.40 bits per heavy atom. The Labute approximate surface area is 68.7 Å². The van der Waals surface area contributed by atoms with Crippen molar-refractivity contribution in [2.24, 2.45) is 5.73 Å². The quantitative estimate of drug-likeness (QED) is 0.616. The zero-order chi connectivity index (χ0) is 7.11. The molecule has 0 aliphatic carbocycles. The van der Waals surface area contributed by atoms with E-state index in [4.69, 9.17) is 0 Å². The lowest BCUT2D eigenvalue weighted by Gasteiger charge is -1.82. The summed E-state index contributed by atoms with van der Waals surface area (Å²) in [6, 6.07) is 10.3. The Hall–Kier alpha value is -0.530. The fourth-order valence-electron chi connectivity index (χ4n) is 0.534. The predicted octanol–water partition coefficient (Wildman–Crippen LogP) is 1.99. The molecule has 0 bridgehead atoms. The van der Waals surface area contributed by atoms with Crippen LogP contribution in [0, 0.1) is 6.92 Å². The van der Waals surface area contributed by atoms with Crippen LogP contribution in [-0.2, 0) is 0 Å². The highest BCUT2D eigenvalue weighted by Gasteiger charge is 1.72. The Bertz CT molecular complexity index is 139. The maximum Gasteiger partial charge on any atom is -0.0195 e. The fraction of sp³-hybridized carbons (Fsp3) is 0.250. The minimum atomic E-state index is 0. The van der Waals surface area contributed by atoms with Gasteiger partial charge in [-0.05, 0) is 14.0 Å². The number of benzene rings is 1. The second kappa shape index (κ2) is 8.47. The van der Waals surface area contributed by atoms with Crippen molar-refractivity contribution in [2.75, 3.05) is 7.05 Å². The fourth-order valence-corrected chi connectivity index (χ4v) is 0.534. The van der Waals surface area contributed by atoms with Crippen molar-refractivity contribution >= 4 is 12.4 Å². The molecule has 0 saturated carbocycles. The molecule has 0 amide bonds. The summed E-state index contributed by atoms with van der Waals surface area (Å²) < 4.78 is 0. The SMILES string of the molecule is CN.Cc1ccccc1.Cl. The lowest BCUT2D eigenvalue weighted by molar-refractivity contribution is 1.48. The molecule has 0 radical (unpaired) electrons. The summed E-state index contributed by atoms with van der Waals surface area (Å²) in [6.45, 7) is 2.08. The van der Waals surface area contributed by atoms with E-state index in [0.29, 0.717) is 0 Å². The van der Waals surface area contributed by atoms with E-state index in [-0.39, 0.29) is 12.4 Å². The van der Waals surface area contributed by atoms with Crippen molar-refractivity contribution in [1.82, 2.24) is 0 Å². The van der Waals surface area contributed by atoms with Crippen LogP contribution < -0.4 is 5.73 Å². The molecular weight excluding hydrogens is 146 g/mol. The molecule has 0 spiro atoms.